The van der Waals surface area contributed by atoms with Crippen LogP contribution in [0, 0.1) is 47.2 Å². The van der Waals surface area contributed by atoms with Crippen molar-refractivity contribution in [2.45, 2.75) is 17.9 Å². The Hall–Kier alpha value is -3.58. The number of amidine groups is 1. The number of fused-ring (bicyclic) bond motifs is 2. The summed E-state index contributed by atoms with van der Waals surface area (Å²) in [5, 5.41) is 14.5. The first kappa shape index (κ1) is 24.2. The third kappa shape index (κ3) is 3.21. The molecule has 9 rings (SSSR count). The number of sulfonamides is 2. The van der Waals surface area contributed by atoms with Crippen LogP contribution in [0.3, 0.4) is 0 Å². The topological polar surface area (TPSA) is 145 Å². The van der Waals surface area contributed by atoms with Gasteiger partial charge in [0.1, 0.15) is 22.4 Å². The molecule has 13 heteroatoms. The molecular formula is C27H24FN4O6S2+. The van der Waals surface area contributed by atoms with E-state index in [1.165, 1.54) is 24.3 Å². The Balaban J connectivity index is 1.23. The molecule has 0 aromatic heterocycles. The van der Waals surface area contributed by atoms with Crippen molar-refractivity contribution in [1.29, 1.82) is 0 Å². The molecule has 7 atom stereocenters. The number of hydrogen-bond donors (Lipinski definition) is 3. The Kier molecular flexibility index (Phi) is 4.59. The highest BCUT2D eigenvalue weighted by Crippen LogP contribution is 2.82. The van der Waals surface area contributed by atoms with Crippen LogP contribution in [0.25, 0.3) is 0 Å². The summed E-state index contributed by atoms with van der Waals surface area (Å²) in [7, 11) is -8.01. The largest absolute Gasteiger partial charge is 0.510 e. The predicted molar refractivity (Wildman–Crippen MR) is 142 cm³/mol. The number of halogens is 1. The number of anilines is 2. The smallest absolute Gasteiger partial charge is 0.426 e. The van der Waals surface area contributed by atoms with E-state index in [-0.39, 0.29) is 51.8 Å². The molecule has 0 radical (unpaired) electrons. The molecule has 5 aliphatic carbocycles. The van der Waals surface area contributed by atoms with Crippen molar-refractivity contribution in [2.24, 2.45) is 45.8 Å². The van der Waals surface area contributed by atoms with Gasteiger partial charge in [-0.3, -0.25) is 4.72 Å². The number of carbonyl (C=O) groups is 1. The summed E-state index contributed by atoms with van der Waals surface area (Å²) in [4.78, 5) is 13.9. The monoisotopic (exact) mass is 583 g/mol. The van der Waals surface area contributed by atoms with Gasteiger partial charge in [0.2, 0.25) is 10.0 Å². The molecule has 206 valence electrons. The standard InChI is InChI=1S/C27H23FN4O6S2/c1-39(35,36)30-13-6-7-16-17(8-13)40(37,38)31-26(29-16)23-25(33)22-20-15-9-14-18(20)19(14)21(15)24(22)32(27(23)34)10-11-2-4-12(28)5-3-11/h2-8,14-15,18-22,30H,9-10H2,1H3,(H-,29,31,33,34)/p+1. The summed E-state index contributed by atoms with van der Waals surface area (Å²) in [5.74, 6) is 0.687. The lowest BCUT2D eigenvalue weighted by atomic mass is 9.81. The van der Waals surface area contributed by atoms with E-state index < -0.39 is 37.7 Å². The average molecular weight is 584 g/mol. The van der Waals surface area contributed by atoms with Crippen molar-refractivity contribution < 1.29 is 35.7 Å². The maximum Gasteiger partial charge on any atom is 0.426 e. The summed E-state index contributed by atoms with van der Waals surface area (Å²) < 4.78 is 71.2. The number of nitrogens with one attached hydrogen (secondary N) is 2. The van der Waals surface area contributed by atoms with E-state index in [1.54, 1.807) is 16.7 Å². The van der Waals surface area contributed by atoms with Crippen LogP contribution in [-0.4, -0.2) is 50.2 Å². The highest BCUT2D eigenvalue weighted by Gasteiger charge is 2.83. The number of rotatable bonds is 5. The van der Waals surface area contributed by atoms with Crippen LogP contribution in [0.5, 0.6) is 0 Å². The molecular weight excluding hydrogens is 559 g/mol. The zero-order valence-corrected chi connectivity index (χ0v) is 22.7. The molecule has 6 bridgehead atoms. The lowest BCUT2D eigenvalue weighted by molar-refractivity contribution is -0.466. The molecule has 2 heterocycles. The second-order valence-corrected chi connectivity index (χ2v) is 14.9. The molecule has 5 saturated carbocycles. The average Bonchev–Trinajstić information content (AvgIpc) is 3.18. The Morgan fingerprint density at radius 1 is 1.12 bits per heavy atom. The lowest BCUT2D eigenvalue weighted by Gasteiger charge is -2.28. The molecule has 10 nitrogen and oxygen atoms in total. The minimum absolute atomic E-state index is 0.0470. The summed E-state index contributed by atoms with van der Waals surface area (Å²) >= 11 is 0. The summed E-state index contributed by atoms with van der Waals surface area (Å²) in [6.07, 6.45) is 2.03. The second-order valence-electron chi connectivity index (χ2n) is 11.6. The van der Waals surface area contributed by atoms with Crippen LogP contribution in [-0.2, 0) is 31.4 Å². The van der Waals surface area contributed by atoms with E-state index in [0.717, 1.165) is 24.5 Å². The maximum atomic E-state index is 14.1. The number of amides is 1. The van der Waals surface area contributed by atoms with Crippen LogP contribution in [0.4, 0.5) is 15.8 Å². The van der Waals surface area contributed by atoms with Gasteiger partial charge in [0.25, 0.3) is 10.0 Å². The first-order valence-electron chi connectivity index (χ1n) is 13.0. The predicted octanol–water partition coefficient (Wildman–Crippen LogP) is 2.47. The van der Waals surface area contributed by atoms with Crippen LogP contribution in [0.15, 0.2) is 63.1 Å². The van der Waals surface area contributed by atoms with Crippen LogP contribution >= 0.6 is 0 Å². The molecule has 0 spiro atoms. The van der Waals surface area contributed by atoms with E-state index in [1.807, 2.05) is 0 Å². The van der Waals surface area contributed by atoms with E-state index in [4.69, 9.17) is 0 Å². The minimum Gasteiger partial charge on any atom is -0.510 e. The van der Waals surface area contributed by atoms with Crippen molar-refractivity contribution in [1.82, 2.24) is 0 Å². The molecule has 2 aliphatic heterocycles. The van der Waals surface area contributed by atoms with Gasteiger partial charge in [-0.15, -0.1) is 4.40 Å². The van der Waals surface area contributed by atoms with E-state index >= 15 is 0 Å². The van der Waals surface area contributed by atoms with Crippen molar-refractivity contribution >= 4 is 48.9 Å². The van der Waals surface area contributed by atoms with Crippen LogP contribution in [0.2, 0.25) is 0 Å². The molecule has 1 amide bonds. The Bertz CT molecular complexity index is 1880. The van der Waals surface area contributed by atoms with Gasteiger partial charge in [-0.2, -0.15) is 13.0 Å². The third-order valence-corrected chi connectivity index (χ3v) is 11.5. The molecule has 7 aliphatic rings. The fourth-order valence-corrected chi connectivity index (χ4v) is 10.1. The number of aliphatic hydroxyl groups excluding tert-OH is 1. The molecule has 2 aromatic rings. The van der Waals surface area contributed by atoms with Gasteiger partial charge in [-0.25, -0.2) is 17.6 Å². The summed E-state index contributed by atoms with van der Waals surface area (Å²) in [6, 6.07) is 9.82. The lowest BCUT2D eigenvalue weighted by Crippen LogP contribution is -2.45. The SMILES string of the molecule is CS(=O)(=O)Nc1ccc2c(c1)S(=O)(=O)N=C(C1=C(O)C3C(=[N+](Cc4ccc(F)cc4)C1=O)C1C4CC5C1C5C34)N2. The zero-order valence-electron chi connectivity index (χ0n) is 21.1. The highest BCUT2D eigenvalue weighted by atomic mass is 32.2. The van der Waals surface area contributed by atoms with Gasteiger partial charge in [0.15, 0.2) is 23.7 Å². The molecule has 7 unspecified atom stereocenters. The molecule has 0 saturated heterocycles. The Labute approximate surface area is 229 Å². The zero-order chi connectivity index (χ0) is 27.9. The Morgan fingerprint density at radius 3 is 2.58 bits per heavy atom. The van der Waals surface area contributed by atoms with Crippen molar-refractivity contribution in [2.75, 3.05) is 16.3 Å². The van der Waals surface area contributed by atoms with Gasteiger partial charge in [0, 0.05) is 17.2 Å². The van der Waals surface area contributed by atoms with Gasteiger partial charge < -0.3 is 10.4 Å². The molecule has 3 N–H and O–H groups in total. The van der Waals surface area contributed by atoms with E-state index in [2.05, 4.69) is 14.4 Å². The van der Waals surface area contributed by atoms with Crippen molar-refractivity contribution in [3.8, 4) is 0 Å². The second kappa shape index (κ2) is 7.58. The van der Waals surface area contributed by atoms with Crippen LogP contribution < -0.4 is 10.0 Å². The summed E-state index contributed by atoms with van der Waals surface area (Å²) in [6.45, 7) is 0.164. The maximum absolute atomic E-state index is 14.1. The third-order valence-electron chi connectivity index (χ3n) is 9.54. The van der Waals surface area contributed by atoms with Crippen molar-refractivity contribution in [3.05, 3.63) is 65.2 Å². The van der Waals surface area contributed by atoms with E-state index in [9.17, 15) is 31.1 Å². The van der Waals surface area contributed by atoms with Crippen LogP contribution in [0.1, 0.15) is 12.0 Å². The first-order valence-corrected chi connectivity index (χ1v) is 16.4. The first-order chi connectivity index (χ1) is 18.9. The number of carbonyl (C=O) groups excluding carboxylic acids is 1. The fraction of sp³-hybridized carbons (Fsp3) is 0.370. The number of aliphatic hydroxyl groups is 1. The van der Waals surface area contributed by atoms with Gasteiger partial charge >= 0.3 is 5.91 Å². The fourth-order valence-electron chi connectivity index (χ4n) is 8.40. The van der Waals surface area contributed by atoms with Gasteiger partial charge in [-0.05, 0) is 78.5 Å². The van der Waals surface area contributed by atoms with E-state index in [0.29, 0.717) is 29.2 Å². The Morgan fingerprint density at radius 2 is 1.88 bits per heavy atom. The highest BCUT2D eigenvalue weighted by molar-refractivity contribution is 7.92. The number of allylic oxidation sites excluding steroid dienone is 1. The molecule has 5 fully saturated rings. The van der Waals surface area contributed by atoms with Crippen molar-refractivity contribution in [3.63, 3.8) is 0 Å². The molecule has 2 aromatic carbocycles. The number of hydrogen-bond acceptors (Lipinski definition) is 7. The quantitative estimate of drug-likeness (QED) is 0.459. The minimum atomic E-state index is -4.36. The number of benzene rings is 2. The van der Waals surface area contributed by atoms with Gasteiger partial charge in [-0.1, -0.05) is 0 Å². The normalized spacial score (nSPS) is 33.9. The number of nitrogens with zero attached hydrogens (tertiary/aromatic N) is 2. The van der Waals surface area contributed by atoms with Gasteiger partial charge in [0.05, 0.1) is 11.9 Å². The summed E-state index contributed by atoms with van der Waals surface area (Å²) in [5.41, 5.74) is 1.57. The molecule has 40 heavy (non-hydrogen) atoms.